The highest BCUT2D eigenvalue weighted by Gasteiger charge is 2.14. The van der Waals surface area contributed by atoms with E-state index in [9.17, 15) is 9.59 Å². The van der Waals surface area contributed by atoms with Gasteiger partial charge in [-0.1, -0.05) is 0 Å². The molecule has 0 bridgehead atoms. The summed E-state index contributed by atoms with van der Waals surface area (Å²) >= 11 is 0. The van der Waals surface area contributed by atoms with Gasteiger partial charge in [0, 0.05) is 6.54 Å². The van der Waals surface area contributed by atoms with Crippen molar-refractivity contribution in [3.05, 3.63) is 0 Å². The molecule has 0 aliphatic heterocycles. The standard InChI is InChI=1S/C9H20N4O2/c1-7(8(2)14)11-9(15)13(10)6-5-12(3)4/h7H,5-6,10H2,1-4H3,(H,11,15)/t7-/m1/s1. The Morgan fingerprint density at radius 3 is 2.27 bits per heavy atom. The number of hydrogen-bond donors (Lipinski definition) is 2. The van der Waals surface area contributed by atoms with Crippen molar-refractivity contribution in [2.75, 3.05) is 27.2 Å². The lowest BCUT2D eigenvalue weighted by molar-refractivity contribution is -0.118. The summed E-state index contributed by atoms with van der Waals surface area (Å²) in [7, 11) is 3.79. The van der Waals surface area contributed by atoms with Crippen LogP contribution in [0, 0.1) is 0 Å². The van der Waals surface area contributed by atoms with Gasteiger partial charge in [0.2, 0.25) is 0 Å². The van der Waals surface area contributed by atoms with E-state index in [0.29, 0.717) is 13.1 Å². The lowest BCUT2D eigenvalue weighted by atomic mass is 10.2. The summed E-state index contributed by atoms with van der Waals surface area (Å²) in [6, 6.07) is -0.928. The minimum Gasteiger partial charge on any atom is -0.327 e. The second-order valence-corrected chi connectivity index (χ2v) is 3.78. The number of Topliss-reactive ketones (excluding diaryl/α,β-unsaturated/α-hetero) is 1. The molecule has 0 aromatic rings. The first-order valence-corrected chi connectivity index (χ1v) is 4.82. The van der Waals surface area contributed by atoms with Crippen LogP contribution in [0.3, 0.4) is 0 Å². The van der Waals surface area contributed by atoms with Gasteiger partial charge in [0.25, 0.3) is 0 Å². The Morgan fingerprint density at radius 2 is 1.87 bits per heavy atom. The Hall–Kier alpha value is -1.14. The van der Waals surface area contributed by atoms with Gasteiger partial charge in [0.05, 0.1) is 12.6 Å². The second kappa shape index (κ2) is 6.36. The van der Waals surface area contributed by atoms with Gasteiger partial charge >= 0.3 is 6.03 Å². The quantitative estimate of drug-likeness (QED) is 0.366. The van der Waals surface area contributed by atoms with E-state index < -0.39 is 12.1 Å². The van der Waals surface area contributed by atoms with Gasteiger partial charge < -0.3 is 10.2 Å². The second-order valence-electron chi connectivity index (χ2n) is 3.78. The van der Waals surface area contributed by atoms with Crippen LogP contribution < -0.4 is 11.2 Å². The zero-order chi connectivity index (χ0) is 12.0. The molecule has 0 saturated heterocycles. The molecule has 3 N–H and O–H groups in total. The third-order valence-electron chi connectivity index (χ3n) is 2.00. The molecule has 1 atom stereocenters. The Labute approximate surface area is 90.4 Å². The average molecular weight is 216 g/mol. The fourth-order valence-corrected chi connectivity index (χ4v) is 0.779. The monoisotopic (exact) mass is 216 g/mol. The average Bonchev–Trinajstić information content (AvgIpc) is 2.13. The number of nitrogens with two attached hydrogens (primary N) is 1. The topological polar surface area (TPSA) is 78.7 Å². The Bertz CT molecular complexity index is 230. The number of urea groups is 1. The molecule has 0 fully saturated rings. The van der Waals surface area contributed by atoms with E-state index in [0.717, 1.165) is 5.01 Å². The molecule has 0 aliphatic carbocycles. The minimum atomic E-state index is -0.497. The highest BCUT2D eigenvalue weighted by molar-refractivity contribution is 5.86. The van der Waals surface area contributed by atoms with E-state index in [2.05, 4.69) is 5.32 Å². The molecule has 0 aromatic carbocycles. The third-order valence-corrected chi connectivity index (χ3v) is 2.00. The van der Waals surface area contributed by atoms with Crippen LogP contribution in [0.4, 0.5) is 4.79 Å². The number of amides is 2. The molecule has 6 heteroatoms. The minimum absolute atomic E-state index is 0.0932. The van der Waals surface area contributed by atoms with Gasteiger partial charge in [-0.15, -0.1) is 0 Å². The van der Waals surface area contributed by atoms with E-state index in [4.69, 9.17) is 5.84 Å². The summed E-state index contributed by atoms with van der Waals surface area (Å²) in [6.07, 6.45) is 0. The number of nitrogens with zero attached hydrogens (tertiary/aromatic N) is 2. The molecule has 2 amide bonds. The highest BCUT2D eigenvalue weighted by Crippen LogP contribution is 1.88. The van der Waals surface area contributed by atoms with Gasteiger partial charge in [-0.05, 0) is 27.9 Å². The molecular formula is C9H20N4O2. The van der Waals surface area contributed by atoms with Crippen molar-refractivity contribution >= 4 is 11.8 Å². The first kappa shape index (κ1) is 13.9. The maximum atomic E-state index is 11.4. The van der Waals surface area contributed by atoms with Crippen LogP contribution in [0.5, 0.6) is 0 Å². The molecule has 0 spiro atoms. The maximum Gasteiger partial charge on any atom is 0.332 e. The third kappa shape index (κ3) is 6.03. The van der Waals surface area contributed by atoms with Crippen molar-refractivity contribution in [2.45, 2.75) is 19.9 Å². The highest BCUT2D eigenvalue weighted by atomic mass is 16.2. The summed E-state index contributed by atoms with van der Waals surface area (Å²) in [4.78, 5) is 24.2. The first-order valence-electron chi connectivity index (χ1n) is 4.82. The lowest BCUT2D eigenvalue weighted by Crippen LogP contribution is -2.51. The summed E-state index contributed by atoms with van der Waals surface area (Å²) in [5.74, 6) is 5.40. The molecule has 0 unspecified atom stereocenters. The van der Waals surface area contributed by atoms with Crippen LogP contribution >= 0.6 is 0 Å². The molecule has 6 nitrogen and oxygen atoms in total. The van der Waals surface area contributed by atoms with Crippen LogP contribution in [0.15, 0.2) is 0 Å². The molecule has 15 heavy (non-hydrogen) atoms. The predicted molar refractivity (Wildman–Crippen MR) is 58.1 cm³/mol. The molecule has 0 radical (unpaired) electrons. The van der Waals surface area contributed by atoms with Crippen LogP contribution in [0.2, 0.25) is 0 Å². The number of ketones is 1. The van der Waals surface area contributed by atoms with E-state index in [1.165, 1.54) is 6.92 Å². The molecule has 0 rings (SSSR count). The van der Waals surface area contributed by atoms with Gasteiger partial charge in [-0.3, -0.25) is 9.80 Å². The van der Waals surface area contributed by atoms with Crippen LogP contribution in [-0.2, 0) is 4.79 Å². The number of carbonyl (C=O) groups excluding carboxylic acids is 2. The number of hydrazine groups is 1. The van der Waals surface area contributed by atoms with Crippen molar-refractivity contribution in [2.24, 2.45) is 5.84 Å². The number of nitrogens with one attached hydrogen (secondary N) is 1. The van der Waals surface area contributed by atoms with Crippen molar-refractivity contribution < 1.29 is 9.59 Å². The summed E-state index contributed by atoms with van der Waals surface area (Å²) in [5, 5.41) is 3.57. The number of rotatable bonds is 5. The van der Waals surface area contributed by atoms with E-state index in [-0.39, 0.29) is 5.78 Å². The number of hydrogen-bond acceptors (Lipinski definition) is 4. The number of likely N-dealkylation sites (N-methyl/N-ethyl adjacent to an activating group) is 1. The first-order chi connectivity index (χ1) is 6.84. The molecule has 0 aliphatic rings. The lowest BCUT2D eigenvalue weighted by Gasteiger charge is -2.21. The SMILES string of the molecule is CC(=O)[C@@H](C)NC(=O)N(N)CCN(C)C. The van der Waals surface area contributed by atoms with Gasteiger partial charge in [0.15, 0.2) is 5.78 Å². The number of carbonyl (C=O) groups is 2. The zero-order valence-electron chi connectivity index (χ0n) is 9.78. The van der Waals surface area contributed by atoms with E-state index in [1.54, 1.807) is 6.92 Å². The molecule has 0 aromatic heterocycles. The van der Waals surface area contributed by atoms with Crippen molar-refractivity contribution in [3.8, 4) is 0 Å². The van der Waals surface area contributed by atoms with Gasteiger partial charge in [0.1, 0.15) is 0 Å². The van der Waals surface area contributed by atoms with Crippen LogP contribution in [0.25, 0.3) is 0 Å². The molecule has 88 valence electrons. The van der Waals surface area contributed by atoms with Gasteiger partial charge in [-0.2, -0.15) is 0 Å². The summed E-state index contributed by atoms with van der Waals surface area (Å²) < 4.78 is 0. The van der Waals surface area contributed by atoms with Crippen molar-refractivity contribution in [1.29, 1.82) is 0 Å². The largest absolute Gasteiger partial charge is 0.332 e. The molecule has 0 saturated carbocycles. The smallest absolute Gasteiger partial charge is 0.327 e. The van der Waals surface area contributed by atoms with Crippen molar-refractivity contribution in [3.63, 3.8) is 0 Å². The van der Waals surface area contributed by atoms with Crippen LogP contribution in [-0.4, -0.2) is 54.9 Å². The van der Waals surface area contributed by atoms with Gasteiger partial charge in [-0.25, -0.2) is 10.6 Å². The Balaban J connectivity index is 3.94. The predicted octanol–water partition coefficient (Wildman–Crippen LogP) is -0.589. The summed E-state index contributed by atoms with van der Waals surface area (Å²) in [5.41, 5.74) is 0. The maximum absolute atomic E-state index is 11.4. The van der Waals surface area contributed by atoms with E-state index >= 15 is 0 Å². The Morgan fingerprint density at radius 1 is 1.33 bits per heavy atom. The molecular weight excluding hydrogens is 196 g/mol. The summed E-state index contributed by atoms with van der Waals surface area (Å²) in [6.45, 7) is 4.15. The van der Waals surface area contributed by atoms with E-state index in [1.807, 2.05) is 19.0 Å². The molecule has 0 heterocycles. The van der Waals surface area contributed by atoms with Crippen molar-refractivity contribution in [1.82, 2.24) is 15.2 Å². The van der Waals surface area contributed by atoms with Crippen LogP contribution in [0.1, 0.15) is 13.8 Å². The normalized spacial score (nSPS) is 12.4. The fourth-order valence-electron chi connectivity index (χ4n) is 0.779. The Kier molecular flexibility index (Phi) is 5.88. The fraction of sp³-hybridized carbons (Fsp3) is 0.778. The zero-order valence-corrected chi connectivity index (χ0v) is 9.78.